The van der Waals surface area contributed by atoms with Gasteiger partial charge in [-0.3, -0.25) is 4.21 Å². The van der Waals surface area contributed by atoms with Crippen LogP contribution in [0.5, 0.6) is 5.75 Å². The van der Waals surface area contributed by atoms with E-state index in [1.165, 1.54) is 0 Å². The summed E-state index contributed by atoms with van der Waals surface area (Å²) < 4.78 is 16.6. The van der Waals surface area contributed by atoms with Crippen LogP contribution in [0.4, 0.5) is 4.79 Å². The average Bonchev–Trinajstić information content (AvgIpc) is 2.51. The molecule has 130 valence electrons. The first-order valence-corrected chi connectivity index (χ1v) is 8.78. The van der Waals surface area contributed by atoms with Gasteiger partial charge in [-0.1, -0.05) is 12.1 Å². The summed E-state index contributed by atoms with van der Waals surface area (Å²) in [4.78, 5) is 11.7. The van der Waals surface area contributed by atoms with Crippen LogP contribution in [0, 0.1) is 0 Å². The minimum Gasteiger partial charge on any atom is -0.497 e. The molecule has 23 heavy (non-hydrogen) atoms. The summed E-state index contributed by atoms with van der Waals surface area (Å²) in [7, 11) is 0.570. The summed E-state index contributed by atoms with van der Waals surface area (Å²) in [6.07, 6.45) is -0.796. The molecule has 7 heteroatoms. The Labute approximate surface area is 140 Å². The van der Waals surface area contributed by atoms with E-state index < -0.39 is 16.9 Å². The van der Waals surface area contributed by atoms with Crippen LogP contribution >= 0.6 is 0 Å². The Bertz CT molecular complexity index is 526. The monoisotopic (exact) mass is 342 g/mol. The van der Waals surface area contributed by atoms with Crippen LogP contribution in [0.2, 0.25) is 0 Å². The number of nitrogens with one attached hydrogen (secondary N) is 2. The molecule has 0 bridgehead atoms. The smallest absolute Gasteiger partial charge is 0.314 e. The second kappa shape index (κ2) is 8.88. The summed E-state index contributed by atoms with van der Waals surface area (Å²) >= 11 is 0. The van der Waals surface area contributed by atoms with E-state index in [9.17, 15) is 14.1 Å². The van der Waals surface area contributed by atoms with E-state index in [0.29, 0.717) is 23.6 Å². The molecule has 0 aliphatic rings. The lowest BCUT2D eigenvalue weighted by atomic mass is 10.1. The largest absolute Gasteiger partial charge is 0.497 e. The lowest BCUT2D eigenvalue weighted by molar-refractivity contribution is 0.173. The van der Waals surface area contributed by atoms with E-state index >= 15 is 0 Å². The summed E-state index contributed by atoms with van der Waals surface area (Å²) in [6.45, 7) is 6.12. The number of ether oxygens (including phenoxy) is 1. The molecule has 0 saturated heterocycles. The van der Waals surface area contributed by atoms with Crippen LogP contribution in [-0.4, -0.2) is 46.0 Å². The first kappa shape index (κ1) is 19.4. The zero-order chi connectivity index (χ0) is 17.5. The Morgan fingerprint density at radius 3 is 2.39 bits per heavy atom. The molecule has 1 aromatic rings. The molecule has 0 aliphatic heterocycles. The van der Waals surface area contributed by atoms with Crippen molar-refractivity contribution in [2.45, 2.75) is 31.6 Å². The number of carbonyl (C=O) groups is 1. The molecule has 6 nitrogen and oxygen atoms in total. The Kier molecular flexibility index (Phi) is 7.51. The van der Waals surface area contributed by atoms with Crippen LogP contribution < -0.4 is 15.4 Å². The maximum atomic E-state index is 11.8. The van der Waals surface area contributed by atoms with E-state index in [1.807, 2.05) is 20.8 Å². The lowest BCUT2D eigenvalue weighted by Crippen LogP contribution is -2.40. The summed E-state index contributed by atoms with van der Waals surface area (Å²) in [5.41, 5.74) is 0.694. The Balaban J connectivity index is 2.31. The van der Waals surface area contributed by atoms with Gasteiger partial charge in [-0.15, -0.1) is 0 Å². The third-order valence-corrected chi connectivity index (χ3v) is 5.15. The van der Waals surface area contributed by atoms with Gasteiger partial charge < -0.3 is 20.5 Å². The number of benzene rings is 1. The van der Waals surface area contributed by atoms with E-state index in [-0.39, 0.29) is 17.3 Å². The molecule has 0 fully saturated rings. The quantitative estimate of drug-likeness (QED) is 0.702. The van der Waals surface area contributed by atoms with E-state index in [1.54, 1.807) is 31.4 Å². The summed E-state index contributed by atoms with van der Waals surface area (Å²) in [5.74, 6) is 1.11. The van der Waals surface area contributed by atoms with Gasteiger partial charge in [0.1, 0.15) is 5.75 Å². The van der Waals surface area contributed by atoms with Crippen molar-refractivity contribution in [2.75, 3.05) is 26.0 Å². The van der Waals surface area contributed by atoms with Crippen molar-refractivity contribution >= 4 is 16.8 Å². The molecule has 0 saturated carbocycles. The van der Waals surface area contributed by atoms with Gasteiger partial charge in [0.25, 0.3) is 0 Å². The normalized spacial score (nSPS) is 14.0. The van der Waals surface area contributed by atoms with Crippen molar-refractivity contribution in [3.8, 4) is 5.75 Å². The molecule has 2 amide bonds. The molecule has 0 aromatic heterocycles. The summed E-state index contributed by atoms with van der Waals surface area (Å²) in [6, 6.07) is 6.61. The Hall–Kier alpha value is -1.60. The predicted molar refractivity (Wildman–Crippen MR) is 92.1 cm³/mol. The number of aliphatic hydroxyl groups excluding tert-OH is 1. The van der Waals surface area contributed by atoms with Crippen molar-refractivity contribution in [2.24, 2.45) is 0 Å². The summed E-state index contributed by atoms with van der Waals surface area (Å²) in [5, 5.41) is 15.2. The van der Waals surface area contributed by atoms with E-state index in [2.05, 4.69) is 10.6 Å². The van der Waals surface area contributed by atoms with Crippen LogP contribution in [0.25, 0.3) is 0 Å². The minimum absolute atomic E-state index is 0.0977. The SMILES string of the molecule is COc1ccc([C@@H](O)CNC(=O)NCC[S@](=O)C(C)(C)C)cc1. The van der Waals surface area contributed by atoms with Gasteiger partial charge in [-0.2, -0.15) is 0 Å². The first-order chi connectivity index (χ1) is 10.7. The lowest BCUT2D eigenvalue weighted by Gasteiger charge is -2.18. The average molecular weight is 342 g/mol. The Morgan fingerprint density at radius 2 is 1.87 bits per heavy atom. The molecule has 0 unspecified atom stereocenters. The van der Waals surface area contributed by atoms with Crippen LogP contribution in [0.1, 0.15) is 32.4 Å². The highest BCUT2D eigenvalue weighted by Gasteiger charge is 2.19. The molecule has 3 N–H and O–H groups in total. The van der Waals surface area contributed by atoms with Gasteiger partial charge in [-0.25, -0.2) is 4.79 Å². The van der Waals surface area contributed by atoms with Gasteiger partial charge >= 0.3 is 6.03 Å². The third kappa shape index (κ3) is 7.00. The number of aliphatic hydroxyl groups is 1. The Morgan fingerprint density at radius 1 is 1.26 bits per heavy atom. The molecular weight excluding hydrogens is 316 g/mol. The zero-order valence-corrected chi connectivity index (χ0v) is 14.9. The van der Waals surface area contributed by atoms with Crippen molar-refractivity contribution in [1.82, 2.24) is 10.6 Å². The highest BCUT2D eigenvalue weighted by atomic mass is 32.2. The minimum atomic E-state index is -1.00. The van der Waals surface area contributed by atoms with Crippen molar-refractivity contribution in [3.05, 3.63) is 29.8 Å². The van der Waals surface area contributed by atoms with Crippen LogP contribution in [0.3, 0.4) is 0 Å². The molecular formula is C16H26N2O4S. The number of rotatable bonds is 7. The van der Waals surface area contributed by atoms with Crippen molar-refractivity contribution in [3.63, 3.8) is 0 Å². The second-order valence-corrected chi connectivity index (χ2v) is 8.41. The standard InChI is InChI=1S/C16H26N2O4S/c1-16(2,3)23(21)10-9-17-15(20)18-11-14(19)12-5-7-13(22-4)8-6-12/h5-8,14,19H,9-11H2,1-4H3,(H2,17,18,20)/t14-,23-/m0/s1. The van der Waals surface area contributed by atoms with Gasteiger partial charge in [0.2, 0.25) is 0 Å². The van der Waals surface area contributed by atoms with Gasteiger partial charge in [0.15, 0.2) is 0 Å². The fourth-order valence-electron chi connectivity index (χ4n) is 1.76. The second-order valence-electron chi connectivity index (χ2n) is 6.09. The van der Waals surface area contributed by atoms with Crippen LogP contribution in [-0.2, 0) is 10.8 Å². The fourth-order valence-corrected chi connectivity index (χ4v) is 2.66. The van der Waals surface area contributed by atoms with E-state index in [4.69, 9.17) is 4.74 Å². The highest BCUT2D eigenvalue weighted by Crippen LogP contribution is 2.16. The van der Waals surface area contributed by atoms with Crippen molar-refractivity contribution in [1.29, 1.82) is 0 Å². The maximum absolute atomic E-state index is 11.8. The number of hydrogen-bond acceptors (Lipinski definition) is 4. The van der Waals surface area contributed by atoms with Crippen LogP contribution in [0.15, 0.2) is 24.3 Å². The molecule has 0 radical (unpaired) electrons. The predicted octanol–water partition coefficient (Wildman–Crippen LogP) is 1.57. The number of methoxy groups -OCH3 is 1. The fraction of sp³-hybridized carbons (Fsp3) is 0.562. The molecule has 2 atom stereocenters. The van der Waals surface area contributed by atoms with Gasteiger partial charge in [0.05, 0.1) is 13.2 Å². The molecule has 1 rings (SSSR count). The zero-order valence-electron chi connectivity index (χ0n) is 14.1. The number of carbonyl (C=O) groups excluding carboxylic acids is 1. The highest BCUT2D eigenvalue weighted by molar-refractivity contribution is 7.86. The topological polar surface area (TPSA) is 87.7 Å². The maximum Gasteiger partial charge on any atom is 0.314 e. The van der Waals surface area contributed by atoms with Gasteiger partial charge in [-0.05, 0) is 38.5 Å². The van der Waals surface area contributed by atoms with E-state index in [0.717, 1.165) is 0 Å². The molecule has 0 aliphatic carbocycles. The van der Waals surface area contributed by atoms with Crippen molar-refractivity contribution < 1.29 is 18.8 Å². The number of hydrogen-bond donors (Lipinski definition) is 3. The molecule has 1 aromatic carbocycles. The number of amides is 2. The van der Waals surface area contributed by atoms with Gasteiger partial charge in [0, 0.05) is 34.4 Å². The third-order valence-electron chi connectivity index (χ3n) is 3.21. The molecule has 0 spiro atoms. The number of urea groups is 1. The first-order valence-electron chi connectivity index (χ1n) is 7.46. The molecule has 0 heterocycles.